The minimum Gasteiger partial charge on any atom is -0.458 e. The van der Waals surface area contributed by atoms with Gasteiger partial charge in [0.05, 0.1) is 17.4 Å². The van der Waals surface area contributed by atoms with E-state index in [-0.39, 0.29) is 23.7 Å². The van der Waals surface area contributed by atoms with Gasteiger partial charge in [-0.25, -0.2) is 4.79 Å². The molecule has 104 valence electrons. The summed E-state index contributed by atoms with van der Waals surface area (Å²) in [6.45, 7) is 7.70. The smallest absolute Gasteiger partial charge is 0.334 e. The van der Waals surface area contributed by atoms with Crippen LogP contribution in [0, 0.1) is 23.2 Å². The normalized spacial score (nSPS) is 49.6. The highest BCUT2D eigenvalue weighted by Crippen LogP contribution is 2.55. The quantitative estimate of drug-likeness (QED) is 0.531. The monoisotopic (exact) mass is 264 g/mol. The summed E-state index contributed by atoms with van der Waals surface area (Å²) in [4.78, 5) is 24.0. The lowest BCUT2D eigenvalue weighted by atomic mass is 9.68. The molecule has 0 aromatic rings. The zero-order valence-corrected chi connectivity index (χ0v) is 11.4. The lowest BCUT2D eigenvalue weighted by Crippen LogP contribution is -2.46. The zero-order valence-electron chi connectivity index (χ0n) is 11.4. The molecule has 0 aromatic heterocycles. The Hall–Kier alpha value is -1.16. The van der Waals surface area contributed by atoms with Crippen LogP contribution in [0.2, 0.25) is 0 Å². The molecular weight excluding hydrogens is 244 g/mol. The molecule has 3 aliphatic rings. The van der Waals surface area contributed by atoms with Gasteiger partial charge >= 0.3 is 5.97 Å². The van der Waals surface area contributed by atoms with Crippen LogP contribution in [-0.4, -0.2) is 29.1 Å². The first-order chi connectivity index (χ1) is 8.87. The van der Waals surface area contributed by atoms with Crippen LogP contribution in [0.1, 0.15) is 33.1 Å². The van der Waals surface area contributed by atoms with E-state index in [1.165, 1.54) is 0 Å². The number of aliphatic hydroxyl groups excluding tert-OH is 1. The van der Waals surface area contributed by atoms with Crippen molar-refractivity contribution in [2.75, 3.05) is 0 Å². The maximum atomic E-state index is 12.3. The lowest BCUT2D eigenvalue weighted by molar-refractivity contribution is -0.140. The predicted molar refractivity (Wildman–Crippen MR) is 68.1 cm³/mol. The molecule has 4 nitrogen and oxygen atoms in total. The minimum absolute atomic E-state index is 0.115. The molecule has 4 heteroatoms. The van der Waals surface area contributed by atoms with E-state index in [0.717, 1.165) is 6.42 Å². The fourth-order valence-electron chi connectivity index (χ4n) is 4.46. The van der Waals surface area contributed by atoms with Crippen LogP contribution in [-0.2, 0) is 14.3 Å². The first-order valence-corrected chi connectivity index (χ1v) is 6.98. The molecule has 1 aliphatic heterocycles. The van der Waals surface area contributed by atoms with Crippen molar-refractivity contribution in [3.8, 4) is 0 Å². The van der Waals surface area contributed by atoms with Gasteiger partial charge in [0, 0.05) is 12.0 Å². The molecule has 1 N–H and O–H groups in total. The molecule has 0 radical (unpaired) electrons. The zero-order chi connectivity index (χ0) is 13.9. The Bertz CT molecular complexity index is 469. The number of esters is 1. The number of ether oxygens (including phenoxy) is 1. The molecule has 0 aromatic carbocycles. The number of hydrogen-bond acceptors (Lipinski definition) is 4. The highest BCUT2D eigenvalue weighted by molar-refractivity contribution is 5.92. The second kappa shape index (κ2) is 3.92. The number of aliphatic hydroxyl groups is 1. The fraction of sp³-hybridized carbons (Fsp3) is 0.733. The van der Waals surface area contributed by atoms with Crippen molar-refractivity contribution in [3.05, 3.63) is 12.2 Å². The third-order valence-electron chi connectivity index (χ3n) is 5.62. The number of ketones is 1. The van der Waals surface area contributed by atoms with Crippen LogP contribution >= 0.6 is 0 Å². The van der Waals surface area contributed by atoms with E-state index in [1.54, 1.807) is 0 Å². The maximum Gasteiger partial charge on any atom is 0.334 e. The Balaban J connectivity index is 2.07. The number of fused-ring (bicyclic) bond motifs is 2. The number of rotatable bonds is 0. The van der Waals surface area contributed by atoms with Gasteiger partial charge in [0.15, 0.2) is 0 Å². The molecule has 2 aliphatic carbocycles. The van der Waals surface area contributed by atoms with E-state index < -0.39 is 23.4 Å². The van der Waals surface area contributed by atoms with E-state index >= 15 is 0 Å². The molecule has 2 saturated carbocycles. The van der Waals surface area contributed by atoms with Crippen molar-refractivity contribution in [3.63, 3.8) is 0 Å². The molecule has 0 amide bonds. The predicted octanol–water partition coefficient (Wildman–Crippen LogP) is 1.47. The molecule has 0 bridgehead atoms. The second-order valence-corrected chi connectivity index (χ2v) is 6.50. The van der Waals surface area contributed by atoms with E-state index in [4.69, 9.17) is 4.74 Å². The summed E-state index contributed by atoms with van der Waals surface area (Å²) in [7, 11) is 0. The van der Waals surface area contributed by atoms with Gasteiger partial charge in [0.25, 0.3) is 0 Å². The van der Waals surface area contributed by atoms with Gasteiger partial charge in [0.1, 0.15) is 11.9 Å². The highest BCUT2D eigenvalue weighted by Gasteiger charge is 2.61. The van der Waals surface area contributed by atoms with Crippen molar-refractivity contribution >= 4 is 11.8 Å². The number of carbonyl (C=O) groups is 2. The topological polar surface area (TPSA) is 63.6 Å². The Morgan fingerprint density at radius 2 is 2.11 bits per heavy atom. The van der Waals surface area contributed by atoms with Crippen molar-refractivity contribution in [1.82, 2.24) is 0 Å². The first-order valence-electron chi connectivity index (χ1n) is 6.98. The first kappa shape index (κ1) is 12.9. The maximum absolute atomic E-state index is 12.3. The highest BCUT2D eigenvalue weighted by atomic mass is 16.6. The Labute approximate surface area is 112 Å². The molecule has 3 fully saturated rings. The fourth-order valence-corrected chi connectivity index (χ4v) is 4.46. The lowest BCUT2D eigenvalue weighted by Gasteiger charge is -2.37. The summed E-state index contributed by atoms with van der Waals surface area (Å²) in [6.07, 6.45) is 0.885. The number of carbonyl (C=O) groups excluding carboxylic acids is 2. The standard InChI is InChI=1S/C15H20O4/c1-7-6-10-12(8(2)14(18)19-10)13(17)15(3)9(7)4-5-11(15)16/h7,9-10,12-13,17H,2,4-6H2,1,3H3/t7-,9?,10-,12-,13+,15+/m1/s1. The van der Waals surface area contributed by atoms with Crippen LogP contribution in [0.4, 0.5) is 0 Å². The Morgan fingerprint density at radius 3 is 2.79 bits per heavy atom. The molecule has 3 rings (SSSR count). The Morgan fingerprint density at radius 1 is 1.42 bits per heavy atom. The summed E-state index contributed by atoms with van der Waals surface area (Å²) >= 11 is 0. The van der Waals surface area contributed by atoms with Crippen LogP contribution in [0.15, 0.2) is 12.2 Å². The average molecular weight is 264 g/mol. The van der Waals surface area contributed by atoms with E-state index in [9.17, 15) is 14.7 Å². The number of Topliss-reactive ketones (excluding diaryl/α,β-unsaturated/α-hetero) is 1. The SMILES string of the molecule is C=C1C(=O)O[C@@H]2C[C@@H](C)C3CCC(=O)[C@@]3(C)[C@@H](O)[C@H]12. The van der Waals surface area contributed by atoms with Gasteiger partial charge in [0.2, 0.25) is 0 Å². The van der Waals surface area contributed by atoms with Gasteiger partial charge in [-0.1, -0.05) is 13.5 Å². The van der Waals surface area contributed by atoms with Crippen molar-refractivity contribution < 1.29 is 19.4 Å². The summed E-state index contributed by atoms with van der Waals surface area (Å²) in [5.41, 5.74) is -0.429. The summed E-state index contributed by atoms with van der Waals surface area (Å²) in [5.74, 6) is -0.294. The van der Waals surface area contributed by atoms with Gasteiger partial charge < -0.3 is 9.84 Å². The molecule has 0 spiro atoms. The van der Waals surface area contributed by atoms with Crippen LogP contribution in [0.3, 0.4) is 0 Å². The molecule has 19 heavy (non-hydrogen) atoms. The minimum atomic E-state index is -0.860. The van der Waals surface area contributed by atoms with Gasteiger partial charge in [-0.05, 0) is 31.6 Å². The van der Waals surface area contributed by atoms with Crippen molar-refractivity contribution in [2.45, 2.75) is 45.3 Å². The summed E-state index contributed by atoms with van der Waals surface area (Å²) in [6, 6.07) is 0. The van der Waals surface area contributed by atoms with Crippen molar-refractivity contribution in [1.29, 1.82) is 0 Å². The van der Waals surface area contributed by atoms with Crippen molar-refractivity contribution in [2.24, 2.45) is 23.2 Å². The van der Waals surface area contributed by atoms with Gasteiger partial charge in [-0.2, -0.15) is 0 Å². The van der Waals surface area contributed by atoms with Crippen LogP contribution in [0.25, 0.3) is 0 Å². The molecule has 1 heterocycles. The molecule has 1 saturated heterocycles. The van der Waals surface area contributed by atoms with Gasteiger partial charge in [-0.3, -0.25) is 4.79 Å². The third-order valence-corrected chi connectivity index (χ3v) is 5.62. The Kier molecular flexibility index (Phi) is 2.65. The van der Waals surface area contributed by atoms with E-state index in [2.05, 4.69) is 13.5 Å². The van der Waals surface area contributed by atoms with E-state index in [1.807, 2.05) is 6.92 Å². The van der Waals surface area contributed by atoms with Crippen LogP contribution in [0.5, 0.6) is 0 Å². The summed E-state index contributed by atoms with van der Waals surface area (Å²) in [5, 5.41) is 10.8. The summed E-state index contributed by atoms with van der Waals surface area (Å²) < 4.78 is 5.33. The third kappa shape index (κ3) is 1.49. The van der Waals surface area contributed by atoms with Crippen LogP contribution < -0.4 is 0 Å². The number of hydrogen-bond donors (Lipinski definition) is 1. The molecule has 1 unspecified atom stereocenters. The second-order valence-electron chi connectivity index (χ2n) is 6.50. The largest absolute Gasteiger partial charge is 0.458 e. The molecule has 6 atom stereocenters. The van der Waals surface area contributed by atoms with E-state index in [0.29, 0.717) is 18.4 Å². The van der Waals surface area contributed by atoms with Gasteiger partial charge in [-0.15, -0.1) is 0 Å². The average Bonchev–Trinajstić information content (AvgIpc) is 2.77. The molecular formula is C15H20O4.